The molecule has 2 rings (SSSR count). The second kappa shape index (κ2) is 8.56. The number of aliphatic hydroxyl groups is 1. The Morgan fingerprint density at radius 3 is 2.17 bits per heavy atom. The van der Waals surface area contributed by atoms with Gasteiger partial charge >= 0.3 is 0 Å². The molecule has 0 aliphatic heterocycles. The smallest absolute Gasteiger partial charge is 0.161 e. The summed E-state index contributed by atoms with van der Waals surface area (Å²) < 4.78 is 16.0. The monoisotopic (exact) mass is 316 g/mol. The minimum absolute atomic E-state index is 0.598. The van der Waals surface area contributed by atoms with Crippen molar-refractivity contribution in [2.75, 3.05) is 20.8 Å². The Balaban J connectivity index is 2.12. The van der Waals surface area contributed by atoms with E-state index in [1.807, 2.05) is 30.3 Å². The largest absolute Gasteiger partial charge is 0.493 e. The van der Waals surface area contributed by atoms with E-state index in [-0.39, 0.29) is 0 Å². The van der Waals surface area contributed by atoms with Gasteiger partial charge < -0.3 is 19.3 Å². The Morgan fingerprint density at radius 1 is 0.913 bits per heavy atom. The van der Waals surface area contributed by atoms with Crippen LogP contribution >= 0.6 is 0 Å². The maximum atomic E-state index is 10.6. The summed E-state index contributed by atoms with van der Waals surface area (Å²) in [7, 11) is 3.17. The molecule has 0 bridgehead atoms. The molecule has 124 valence electrons. The zero-order valence-electron chi connectivity index (χ0n) is 13.9. The van der Waals surface area contributed by atoms with E-state index in [2.05, 4.69) is 6.92 Å². The standard InChI is InChI=1S/C19H24O4/c1-4-11-23-13-14-5-7-15(8-6-14)19(20)16-9-10-17(21-2)18(12-16)22-3/h5-10,12,19-20H,4,11,13H2,1-3H3. The van der Waals surface area contributed by atoms with Crippen LogP contribution in [0.5, 0.6) is 11.5 Å². The second-order valence-corrected chi connectivity index (χ2v) is 5.31. The maximum absolute atomic E-state index is 10.6. The fraction of sp³-hybridized carbons (Fsp3) is 0.368. The van der Waals surface area contributed by atoms with Crippen molar-refractivity contribution in [1.82, 2.24) is 0 Å². The number of ether oxygens (including phenoxy) is 3. The summed E-state index contributed by atoms with van der Waals surface area (Å²) in [5.41, 5.74) is 2.69. The van der Waals surface area contributed by atoms with E-state index in [0.717, 1.165) is 29.7 Å². The van der Waals surface area contributed by atoms with Crippen LogP contribution in [-0.2, 0) is 11.3 Å². The lowest BCUT2D eigenvalue weighted by atomic mass is 10.00. The second-order valence-electron chi connectivity index (χ2n) is 5.31. The lowest BCUT2D eigenvalue weighted by Gasteiger charge is -2.15. The Labute approximate surface area is 137 Å². The molecule has 0 aliphatic carbocycles. The van der Waals surface area contributed by atoms with Crippen LogP contribution in [0.25, 0.3) is 0 Å². The molecular formula is C19H24O4. The van der Waals surface area contributed by atoms with Gasteiger partial charge in [-0.1, -0.05) is 37.3 Å². The van der Waals surface area contributed by atoms with Gasteiger partial charge in [0.15, 0.2) is 11.5 Å². The average Bonchev–Trinajstić information content (AvgIpc) is 2.61. The topological polar surface area (TPSA) is 47.9 Å². The quantitative estimate of drug-likeness (QED) is 0.754. The predicted molar refractivity (Wildman–Crippen MR) is 90.0 cm³/mol. The zero-order chi connectivity index (χ0) is 16.7. The molecule has 4 heteroatoms. The third-order valence-electron chi connectivity index (χ3n) is 3.64. The first-order valence-corrected chi connectivity index (χ1v) is 7.76. The third kappa shape index (κ3) is 4.47. The van der Waals surface area contributed by atoms with Gasteiger partial charge in [0.05, 0.1) is 20.8 Å². The van der Waals surface area contributed by atoms with E-state index in [1.54, 1.807) is 26.4 Å². The van der Waals surface area contributed by atoms with Crippen molar-refractivity contribution in [3.05, 3.63) is 59.2 Å². The highest BCUT2D eigenvalue weighted by Gasteiger charge is 2.13. The van der Waals surface area contributed by atoms with Gasteiger partial charge in [-0.15, -0.1) is 0 Å². The van der Waals surface area contributed by atoms with Gasteiger partial charge in [0.1, 0.15) is 6.10 Å². The van der Waals surface area contributed by atoms with Crippen LogP contribution in [0.3, 0.4) is 0 Å². The number of benzene rings is 2. The molecule has 1 N–H and O–H groups in total. The first kappa shape index (κ1) is 17.3. The number of hydrogen-bond acceptors (Lipinski definition) is 4. The average molecular weight is 316 g/mol. The third-order valence-corrected chi connectivity index (χ3v) is 3.64. The number of hydrogen-bond donors (Lipinski definition) is 1. The highest BCUT2D eigenvalue weighted by atomic mass is 16.5. The summed E-state index contributed by atoms with van der Waals surface area (Å²) in [6.45, 7) is 3.44. The van der Waals surface area contributed by atoms with E-state index in [0.29, 0.717) is 18.1 Å². The molecule has 0 aliphatic rings. The molecule has 0 fully saturated rings. The van der Waals surface area contributed by atoms with Crippen LogP contribution in [0.15, 0.2) is 42.5 Å². The van der Waals surface area contributed by atoms with Crippen LogP contribution in [0.4, 0.5) is 0 Å². The van der Waals surface area contributed by atoms with Crippen molar-refractivity contribution in [2.45, 2.75) is 26.1 Å². The van der Waals surface area contributed by atoms with Crippen LogP contribution < -0.4 is 9.47 Å². The molecule has 0 amide bonds. The van der Waals surface area contributed by atoms with E-state index in [4.69, 9.17) is 14.2 Å². The van der Waals surface area contributed by atoms with Crippen molar-refractivity contribution in [2.24, 2.45) is 0 Å². The zero-order valence-corrected chi connectivity index (χ0v) is 13.9. The van der Waals surface area contributed by atoms with Crippen molar-refractivity contribution in [3.8, 4) is 11.5 Å². The molecule has 0 heterocycles. The number of rotatable bonds is 8. The predicted octanol–water partition coefficient (Wildman–Crippen LogP) is 3.71. The van der Waals surface area contributed by atoms with Crippen LogP contribution in [0.2, 0.25) is 0 Å². The fourth-order valence-corrected chi connectivity index (χ4v) is 2.35. The molecule has 1 unspecified atom stereocenters. The highest BCUT2D eigenvalue weighted by molar-refractivity contribution is 5.45. The SMILES string of the molecule is CCCOCc1ccc(C(O)c2ccc(OC)c(OC)c2)cc1. The molecule has 2 aromatic rings. The van der Waals surface area contributed by atoms with Gasteiger partial charge in [0.2, 0.25) is 0 Å². The van der Waals surface area contributed by atoms with Crippen LogP contribution in [-0.4, -0.2) is 25.9 Å². The van der Waals surface area contributed by atoms with Crippen molar-refractivity contribution < 1.29 is 19.3 Å². The molecule has 23 heavy (non-hydrogen) atoms. The molecule has 0 saturated carbocycles. The van der Waals surface area contributed by atoms with Crippen molar-refractivity contribution in [1.29, 1.82) is 0 Å². The summed E-state index contributed by atoms with van der Waals surface area (Å²) in [6.07, 6.45) is 0.302. The summed E-state index contributed by atoms with van der Waals surface area (Å²) in [4.78, 5) is 0. The number of methoxy groups -OCH3 is 2. The lowest BCUT2D eigenvalue weighted by molar-refractivity contribution is 0.121. The van der Waals surface area contributed by atoms with E-state index >= 15 is 0 Å². The Kier molecular flexibility index (Phi) is 6.44. The van der Waals surface area contributed by atoms with Crippen molar-refractivity contribution >= 4 is 0 Å². The van der Waals surface area contributed by atoms with Crippen LogP contribution in [0.1, 0.15) is 36.1 Å². The van der Waals surface area contributed by atoms with Gasteiger partial charge in [0.25, 0.3) is 0 Å². The van der Waals surface area contributed by atoms with Gasteiger partial charge in [-0.3, -0.25) is 0 Å². The van der Waals surface area contributed by atoms with E-state index < -0.39 is 6.10 Å². The lowest BCUT2D eigenvalue weighted by Crippen LogP contribution is -2.02. The molecule has 2 aromatic carbocycles. The van der Waals surface area contributed by atoms with Gasteiger partial charge in [-0.05, 0) is 35.2 Å². The Bertz CT molecular complexity index is 607. The molecule has 1 atom stereocenters. The van der Waals surface area contributed by atoms with Gasteiger partial charge in [0, 0.05) is 6.61 Å². The first-order chi connectivity index (χ1) is 11.2. The van der Waals surface area contributed by atoms with Gasteiger partial charge in [-0.25, -0.2) is 0 Å². The fourth-order valence-electron chi connectivity index (χ4n) is 2.35. The van der Waals surface area contributed by atoms with E-state index in [1.165, 1.54) is 0 Å². The Morgan fingerprint density at radius 2 is 1.57 bits per heavy atom. The maximum Gasteiger partial charge on any atom is 0.161 e. The van der Waals surface area contributed by atoms with Gasteiger partial charge in [-0.2, -0.15) is 0 Å². The summed E-state index contributed by atoms with van der Waals surface area (Å²) in [6, 6.07) is 13.2. The molecular weight excluding hydrogens is 292 g/mol. The minimum Gasteiger partial charge on any atom is -0.493 e. The highest BCUT2D eigenvalue weighted by Crippen LogP contribution is 2.32. The normalized spacial score (nSPS) is 12.0. The first-order valence-electron chi connectivity index (χ1n) is 7.76. The van der Waals surface area contributed by atoms with Crippen molar-refractivity contribution in [3.63, 3.8) is 0 Å². The molecule has 0 spiro atoms. The Hall–Kier alpha value is -2.04. The van der Waals surface area contributed by atoms with E-state index in [9.17, 15) is 5.11 Å². The molecule has 0 aromatic heterocycles. The molecule has 0 saturated heterocycles. The van der Waals surface area contributed by atoms with Crippen LogP contribution in [0, 0.1) is 0 Å². The summed E-state index contributed by atoms with van der Waals surface area (Å²) in [5.74, 6) is 1.25. The minimum atomic E-state index is -0.708. The summed E-state index contributed by atoms with van der Waals surface area (Å²) >= 11 is 0. The molecule has 0 radical (unpaired) electrons. The summed E-state index contributed by atoms with van der Waals surface area (Å²) in [5, 5.41) is 10.6. The number of aliphatic hydroxyl groups excluding tert-OH is 1. The molecule has 4 nitrogen and oxygen atoms in total.